The number of hydrogen-bond acceptors (Lipinski definition) is 4. The molecule has 1 aliphatic rings. The van der Waals surface area contributed by atoms with Crippen molar-refractivity contribution in [3.8, 4) is 0 Å². The molecule has 0 radical (unpaired) electrons. The van der Waals surface area contributed by atoms with Crippen LogP contribution in [0.2, 0.25) is 0 Å². The zero-order valence-electron chi connectivity index (χ0n) is 8.30. The molecule has 0 bridgehead atoms. The third-order valence-corrected chi connectivity index (χ3v) is 2.33. The quantitative estimate of drug-likeness (QED) is 0.609. The standard InChI is InChI=1S/C8H20N4/c1-8(11(2)3)7-12-6-4-5-9-10-12/h8-10H,4-7H2,1-3H3. The van der Waals surface area contributed by atoms with Gasteiger partial charge in [-0.1, -0.05) is 0 Å². The first-order valence-corrected chi connectivity index (χ1v) is 4.60. The number of likely N-dealkylation sites (N-methyl/N-ethyl adjacent to an activating group) is 1. The van der Waals surface area contributed by atoms with Crippen LogP contribution in [0.3, 0.4) is 0 Å². The van der Waals surface area contributed by atoms with E-state index in [2.05, 4.69) is 41.9 Å². The lowest BCUT2D eigenvalue weighted by Gasteiger charge is -2.32. The monoisotopic (exact) mass is 172 g/mol. The summed E-state index contributed by atoms with van der Waals surface area (Å²) in [5, 5.41) is 2.23. The van der Waals surface area contributed by atoms with E-state index in [1.54, 1.807) is 0 Å². The second kappa shape index (κ2) is 4.77. The van der Waals surface area contributed by atoms with Crippen molar-refractivity contribution in [1.82, 2.24) is 20.9 Å². The summed E-state index contributed by atoms with van der Waals surface area (Å²) in [7, 11) is 4.23. The van der Waals surface area contributed by atoms with E-state index in [1.165, 1.54) is 6.42 Å². The number of hydrogen-bond donors (Lipinski definition) is 2. The Hall–Kier alpha value is -0.160. The maximum Gasteiger partial charge on any atom is 0.0297 e. The molecule has 1 fully saturated rings. The average molecular weight is 172 g/mol. The fraction of sp³-hybridized carbons (Fsp3) is 1.00. The van der Waals surface area contributed by atoms with Crippen LogP contribution in [0.4, 0.5) is 0 Å². The summed E-state index contributed by atoms with van der Waals surface area (Å²) in [5.41, 5.74) is 6.30. The summed E-state index contributed by atoms with van der Waals surface area (Å²) in [5.74, 6) is 0. The van der Waals surface area contributed by atoms with Crippen molar-refractivity contribution < 1.29 is 0 Å². The van der Waals surface area contributed by atoms with Gasteiger partial charge in [-0.2, -0.15) is 5.53 Å². The van der Waals surface area contributed by atoms with Crippen LogP contribution in [0.25, 0.3) is 0 Å². The predicted octanol–water partition coefficient (Wildman–Crippen LogP) is -0.349. The SMILES string of the molecule is CC(CN1CCCNN1)N(C)C. The normalized spacial score (nSPS) is 23.0. The first-order valence-electron chi connectivity index (χ1n) is 4.60. The van der Waals surface area contributed by atoms with Crippen molar-refractivity contribution in [2.24, 2.45) is 0 Å². The molecule has 1 saturated heterocycles. The molecule has 0 aromatic heterocycles. The molecular formula is C8H20N4. The average Bonchev–Trinajstić information content (AvgIpc) is 2.06. The lowest BCUT2D eigenvalue weighted by atomic mass is 10.3. The van der Waals surface area contributed by atoms with Crippen molar-refractivity contribution in [3.05, 3.63) is 0 Å². The minimum absolute atomic E-state index is 0.595. The van der Waals surface area contributed by atoms with E-state index in [0.29, 0.717) is 6.04 Å². The lowest BCUT2D eigenvalue weighted by molar-refractivity contribution is 0.0870. The van der Waals surface area contributed by atoms with E-state index in [9.17, 15) is 0 Å². The van der Waals surface area contributed by atoms with Crippen molar-refractivity contribution in [1.29, 1.82) is 0 Å². The van der Waals surface area contributed by atoms with E-state index in [-0.39, 0.29) is 0 Å². The molecule has 1 atom stereocenters. The second-order valence-corrected chi connectivity index (χ2v) is 3.65. The number of rotatable bonds is 3. The van der Waals surface area contributed by atoms with Crippen LogP contribution >= 0.6 is 0 Å². The molecule has 4 heteroatoms. The number of nitrogens with one attached hydrogen (secondary N) is 2. The Balaban J connectivity index is 2.20. The van der Waals surface area contributed by atoms with Crippen LogP contribution in [-0.2, 0) is 0 Å². The second-order valence-electron chi connectivity index (χ2n) is 3.65. The van der Waals surface area contributed by atoms with Gasteiger partial charge in [-0.25, -0.2) is 10.4 Å². The van der Waals surface area contributed by atoms with Gasteiger partial charge in [0.2, 0.25) is 0 Å². The number of hydrazine groups is 2. The van der Waals surface area contributed by atoms with E-state index in [4.69, 9.17) is 0 Å². The first-order chi connectivity index (χ1) is 5.70. The van der Waals surface area contributed by atoms with Crippen LogP contribution in [0, 0.1) is 0 Å². The highest BCUT2D eigenvalue weighted by molar-refractivity contribution is 4.66. The number of nitrogens with zero attached hydrogens (tertiary/aromatic N) is 2. The Morgan fingerprint density at radius 1 is 1.50 bits per heavy atom. The summed E-state index contributed by atoms with van der Waals surface area (Å²) < 4.78 is 0. The molecule has 0 saturated carbocycles. The maximum atomic E-state index is 3.16. The van der Waals surface area contributed by atoms with Gasteiger partial charge in [0, 0.05) is 25.7 Å². The van der Waals surface area contributed by atoms with E-state index >= 15 is 0 Å². The van der Waals surface area contributed by atoms with Gasteiger partial charge >= 0.3 is 0 Å². The maximum absolute atomic E-state index is 3.16. The third kappa shape index (κ3) is 3.06. The van der Waals surface area contributed by atoms with E-state index in [1.807, 2.05) is 0 Å². The molecule has 0 aromatic rings. The zero-order chi connectivity index (χ0) is 8.97. The van der Waals surface area contributed by atoms with Crippen LogP contribution in [-0.4, -0.2) is 49.7 Å². The van der Waals surface area contributed by atoms with Crippen LogP contribution in [0.15, 0.2) is 0 Å². The fourth-order valence-corrected chi connectivity index (χ4v) is 1.20. The minimum atomic E-state index is 0.595. The lowest BCUT2D eigenvalue weighted by Crippen LogP contribution is -2.55. The molecule has 1 aliphatic heterocycles. The Morgan fingerprint density at radius 3 is 2.75 bits per heavy atom. The van der Waals surface area contributed by atoms with Gasteiger partial charge in [0.1, 0.15) is 0 Å². The van der Waals surface area contributed by atoms with Gasteiger partial charge in [-0.15, -0.1) is 0 Å². The van der Waals surface area contributed by atoms with Crippen molar-refractivity contribution >= 4 is 0 Å². The van der Waals surface area contributed by atoms with Crippen molar-refractivity contribution in [2.45, 2.75) is 19.4 Å². The molecule has 72 valence electrons. The van der Waals surface area contributed by atoms with Gasteiger partial charge in [0.15, 0.2) is 0 Å². The topological polar surface area (TPSA) is 30.5 Å². The molecule has 1 unspecified atom stereocenters. The van der Waals surface area contributed by atoms with Crippen LogP contribution < -0.4 is 11.0 Å². The highest BCUT2D eigenvalue weighted by Crippen LogP contribution is 1.97. The molecule has 12 heavy (non-hydrogen) atoms. The Kier molecular flexibility index (Phi) is 3.94. The molecule has 0 amide bonds. The Morgan fingerprint density at radius 2 is 2.25 bits per heavy atom. The zero-order valence-corrected chi connectivity index (χ0v) is 8.30. The fourth-order valence-electron chi connectivity index (χ4n) is 1.20. The Bertz CT molecular complexity index is 120. The van der Waals surface area contributed by atoms with Gasteiger partial charge in [0.05, 0.1) is 0 Å². The summed E-state index contributed by atoms with van der Waals surface area (Å²) in [6.45, 7) is 5.52. The minimum Gasteiger partial charge on any atom is -0.305 e. The first kappa shape index (κ1) is 9.92. The Labute approximate surface area is 74.8 Å². The van der Waals surface area contributed by atoms with E-state index in [0.717, 1.165) is 19.6 Å². The molecule has 0 spiro atoms. The van der Waals surface area contributed by atoms with Crippen LogP contribution in [0.5, 0.6) is 0 Å². The third-order valence-electron chi connectivity index (χ3n) is 2.33. The summed E-state index contributed by atoms with van der Waals surface area (Å²) in [6, 6.07) is 0.595. The highest BCUT2D eigenvalue weighted by atomic mass is 15.7. The largest absolute Gasteiger partial charge is 0.305 e. The van der Waals surface area contributed by atoms with E-state index < -0.39 is 0 Å². The van der Waals surface area contributed by atoms with Gasteiger partial charge in [-0.05, 0) is 27.4 Å². The van der Waals surface area contributed by atoms with Crippen LogP contribution in [0.1, 0.15) is 13.3 Å². The summed E-state index contributed by atoms with van der Waals surface area (Å²) >= 11 is 0. The molecule has 1 rings (SSSR count). The molecule has 1 heterocycles. The van der Waals surface area contributed by atoms with Gasteiger partial charge in [-0.3, -0.25) is 0 Å². The predicted molar refractivity (Wildman–Crippen MR) is 50.5 cm³/mol. The van der Waals surface area contributed by atoms with Gasteiger partial charge < -0.3 is 4.90 Å². The van der Waals surface area contributed by atoms with Gasteiger partial charge in [0.25, 0.3) is 0 Å². The van der Waals surface area contributed by atoms with Crippen molar-refractivity contribution in [2.75, 3.05) is 33.7 Å². The summed E-state index contributed by atoms with van der Waals surface area (Å²) in [6.07, 6.45) is 1.23. The molecule has 2 N–H and O–H groups in total. The summed E-state index contributed by atoms with van der Waals surface area (Å²) in [4.78, 5) is 2.23. The molecule has 0 aliphatic carbocycles. The smallest absolute Gasteiger partial charge is 0.0297 e. The van der Waals surface area contributed by atoms with Crippen molar-refractivity contribution in [3.63, 3.8) is 0 Å². The molecule has 0 aromatic carbocycles. The highest BCUT2D eigenvalue weighted by Gasteiger charge is 2.13. The molecule has 4 nitrogen and oxygen atoms in total. The molecular weight excluding hydrogens is 152 g/mol.